The summed E-state index contributed by atoms with van der Waals surface area (Å²) < 4.78 is 30.7. The van der Waals surface area contributed by atoms with E-state index >= 15 is 0 Å². The largest absolute Gasteiger partial charge is 0.466 e. The Balaban J connectivity index is 2.77. The van der Waals surface area contributed by atoms with Crippen LogP contribution in [0.25, 0.3) is 0 Å². The Bertz CT molecular complexity index is 463. The van der Waals surface area contributed by atoms with Crippen LogP contribution in [0.15, 0.2) is 18.2 Å². The first-order valence-corrected chi connectivity index (χ1v) is 5.33. The number of ether oxygens (including phenoxy) is 1. The highest BCUT2D eigenvalue weighted by Gasteiger charge is 2.18. The SMILES string of the molecule is CCOC(=O)CC(=O)N(C)c1ccc(F)cc1F. The van der Waals surface area contributed by atoms with Crippen LogP contribution in [0.1, 0.15) is 13.3 Å². The predicted octanol–water partition coefficient (Wildman–Crippen LogP) is 1.88. The molecule has 0 saturated carbocycles. The van der Waals surface area contributed by atoms with Gasteiger partial charge in [0.25, 0.3) is 0 Å². The zero-order valence-electron chi connectivity index (χ0n) is 10.1. The highest BCUT2D eigenvalue weighted by molar-refractivity contribution is 6.03. The van der Waals surface area contributed by atoms with Gasteiger partial charge >= 0.3 is 5.97 Å². The summed E-state index contributed by atoms with van der Waals surface area (Å²) in [7, 11) is 1.30. The minimum atomic E-state index is -0.866. The molecule has 0 aliphatic carbocycles. The van der Waals surface area contributed by atoms with Gasteiger partial charge in [0, 0.05) is 13.1 Å². The zero-order valence-corrected chi connectivity index (χ0v) is 10.1. The number of carbonyl (C=O) groups is 2. The van der Waals surface area contributed by atoms with E-state index in [9.17, 15) is 18.4 Å². The second kappa shape index (κ2) is 6.09. The highest BCUT2D eigenvalue weighted by atomic mass is 19.1. The maximum Gasteiger partial charge on any atom is 0.315 e. The highest BCUT2D eigenvalue weighted by Crippen LogP contribution is 2.19. The molecule has 0 N–H and O–H groups in total. The minimum Gasteiger partial charge on any atom is -0.466 e. The van der Waals surface area contributed by atoms with Gasteiger partial charge in [-0.15, -0.1) is 0 Å². The van der Waals surface area contributed by atoms with Gasteiger partial charge in [-0.2, -0.15) is 0 Å². The maximum absolute atomic E-state index is 13.4. The summed E-state index contributed by atoms with van der Waals surface area (Å²) in [6.07, 6.45) is -0.485. The molecule has 1 amide bonds. The second-order valence-corrected chi connectivity index (χ2v) is 3.53. The molecule has 1 aromatic rings. The number of hydrogen-bond donors (Lipinski definition) is 0. The quantitative estimate of drug-likeness (QED) is 0.611. The van der Waals surface area contributed by atoms with Crippen LogP contribution >= 0.6 is 0 Å². The normalized spacial score (nSPS) is 10.0. The molecule has 18 heavy (non-hydrogen) atoms. The molecule has 0 atom stereocenters. The predicted molar refractivity (Wildman–Crippen MR) is 61.0 cm³/mol. The molecule has 0 aromatic heterocycles. The molecule has 0 spiro atoms. The third kappa shape index (κ3) is 3.51. The fourth-order valence-electron chi connectivity index (χ4n) is 1.34. The Morgan fingerprint density at radius 1 is 1.33 bits per heavy atom. The van der Waals surface area contributed by atoms with E-state index in [-0.39, 0.29) is 12.3 Å². The lowest BCUT2D eigenvalue weighted by atomic mass is 10.2. The van der Waals surface area contributed by atoms with Crippen molar-refractivity contribution in [1.82, 2.24) is 0 Å². The summed E-state index contributed by atoms with van der Waals surface area (Å²) in [5, 5.41) is 0. The van der Waals surface area contributed by atoms with Gasteiger partial charge in [0.2, 0.25) is 5.91 Å². The summed E-state index contributed by atoms with van der Waals surface area (Å²) in [5.41, 5.74) is -0.0919. The standard InChI is InChI=1S/C12H13F2NO3/c1-3-18-12(17)7-11(16)15(2)10-5-4-8(13)6-9(10)14/h4-6H,3,7H2,1-2H3. The fourth-order valence-corrected chi connectivity index (χ4v) is 1.34. The molecule has 0 radical (unpaired) electrons. The number of esters is 1. The first-order chi connectivity index (χ1) is 8.45. The summed E-state index contributed by atoms with van der Waals surface area (Å²) in [6, 6.07) is 2.84. The number of benzene rings is 1. The van der Waals surface area contributed by atoms with E-state index in [0.29, 0.717) is 6.07 Å². The average molecular weight is 257 g/mol. The molecule has 0 fully saturated rings. The molecule has 6 heteroatoms. The number of amides is 1. The van der Waals surface area contributed by atoms with Gasteiger partial charge in [-0.1, -0.05) is 0 Å². The first-order valence-electron chi connectivity index (χ1n) is 5.33. The summed E-state index contributed by atoms with van der Waals surface area (Å²) in [4.78, 5) is 23.7. The lowest BCUT2D eigenvalue weighted by Gasteiger charge is -2.17. The molecule has 0 heterocycles. The van der Waals surface area contributed by atoms with Crippen molar-refractivity contribution in [1.29, 1.82) is 0 Å². The Hall–Kier alpha value is -1.98. The van der Waals surface area contributed by atoms with Crippen LogP contribution in [-0.4, -0.2) is 25.5 Å². The number of anilines is 1. The number of rotatable bonds is 4. The Morgan fingerprint density at radius 2 is 2.00 bits per heavy atom. The van der Waals surface area contributed by atoms with Crippen LogP contribution in [0.3, 0.4) is 0 Å². The van der Waals surface area contributed by atoms with Crippen LogP contribution in [-0.2, 0) is 14.3 Å². The van der Waals surface area contributed by atoms with Crippen LogP contribution < -0.4 is 4.90 Å². The van der Waals surface area contributed by atoms with Gasteiger partial charge in [0.1, 0.15) is 18.1 Å². The second-order valence-electron chi connectivity index (χ2n) is 3.53. The van der Waals surface area contributed by atoms with Crippen LogP contribution in [0, 0.1) is 11.6 Å². The van der Waals surface area contributed by atoms with Crippen molar-refractivity contribution in [3.8, 4) is 0 Å². The van der Waals surface area contributed by atoms with E-state index < -0.39 is 29.9 Å². The smallest absolute Gasteiger partial charge is 0.315 e. The van der Waals surface area contributed by atoms with Gasteiger partial charge in [-0.05, 0) is 19.1 Å². The minimum absolute atomic E-state index is 0.0919. The molecular formula is C12H13F2NO3. The molecule has 98 valence electrons. The van der Waals surface area contributed by atoms with Gasteiger partial charge in [0.05, 0.1) is 12.3 Å². The molecule has 1 rings (SSSR count). The van der Waals surface area contributed by atoms with Crippen LogP contribution in [0.2, 0.25) is 0 Å². The van der Waals surface area contributed by atoms with Crippen molar-refractivity contribution >= 4 is 17.6 Å². The van der Waals surface area contributed by atoms with Crippen molar-refractivity contribution in [2.24, 2.45) is 0 Å². The Labute approximate surface area is 103 Å². The topological polar surface area (TPSA) is 46.6 Å². The van der Waals surface area contributed by atoms with Crippen molar-refractivity contribution in [2.75, 3.05) is 18.6 Å². The van der Waals surface area contributed by atoms with Crippen molar-refractivity contribution in [2.45, 2.75) is 13.3 Å². The number of carbonyl (C=O) groups excluding carboxylic acids is 2. The van der Waals surface area contributed by atoms with Crippen LogP contribution in [0.5, 0.6) is 0 Å². The molecule has 0 aliphatic rings. The summed E-state index contributed by atoms with van der Waals surface area (Å²) >= 11 is 0. The first kappa shape index (κ1) is 14.1. The van der Waals surface area contributed by atoms with Crippen molar-refractivity contribution in [3.05, 3.63) is 29.8 Å². The maximum atomic E-state index is 13.4. The van der Waals surface area contributed by atoms with Crippen molar-refractivity contribution in [3.63, 3.8) is 0 Å². The number of nitrogens with zero attached hydrogens (tertiary/aromatic N) is 1. The Morgan fingerprint density at radius 3 is 2.56 bits per heavy atom. The summed E-state index contributed by atoms with van der Waals surface area (Å²) in [5.74, 6) is -2.91. The van der Waals surface area contributed by atoms with E-state index in [2.05, 4.69) is 4.74 Å². The van der Waals surface area contributed by atoms with E-state index in [4.69, 9.17) is 0 Å². The third-order valence-corrected chi connectivity index (χ3v) is 2.25. The lowest BCUT2D eigenvalue weighted by molar-refractivity contribution is -0.145. The molecule has 0 saturated heterocycles. The van der Waals surface area contributed by atoms with Gasteiger partial charge in [0.15, 0.2) is 0 Å². The molecule has 0 unspecified atom stereocenters. The van der Waals surface area contributed by atoms with Gasteiger partial charge < -0.3 is 9.64 Å². The fraction of sp³-hybridized carbons (Fsp3) is 0.333. The molecule has 4 nitrogen and oxygen atoms in total. The Kier molecular flexibility index (Phi) is 4.76. The number of halogens is 2. The van der Waals surface area contributed by atoms with E-state index in [1.165, 1.54) is 7.05 Å². The van der Waals surface area contributed by atoms with Crippen LogP contribution in [0.4, 0.5) is 14.5 Å². The molecule has 1 aromatic carbocycles. The van der Waals surface area contributed by atoms with E-state index in [0.717, 1.165) is 17.0 Å². The zero-order chi connectivity index (χ0) is 13.7. The van der Waals surface area contributed by atoms with Gasteiger partial charge in [-0.25, -0.2) is 8.78 Å². The number of hydrogen-bond acceptors (Lipinski definition) is 3. The third-order valence-electron chi connectivity index (χ3n) is 2.25. The van der Waals surface area contributed by atoms with Gasteiger partial charge in [-0.3, -0.25) is 9.59 Å². The molecule has 0 aliphatic heterocycles. The average Bonchev–Trinajstić information content (AvgIpc) is 2.28. The van der Waals surface area contributed by atoms with Crippen molar-refractivity contribution < 1.29 is 23.1 Å². The molecular weight excluding hydrogens is 244 g/mol. The van der Waals surface area contributed by atoms with E-state index in [1.807, 2.05) is 0 Å². The molecule has 0 bridgehead atoms. The monoisotopic (exact) mass is 257 g/mol. The summed E-state index contributed by atoms with van der Waals surface area (Å²) in [6.45, 7) is 1.78. The lowest BCUT2D eigenvalue weighted by Crippen LogP contribution is -2.29. The van der Waals surface area contributed by atoms with E-state index in [1.54, 1.807) is 6.92 Å².